The zero-order chi connectivity index (χ0) is 17.6. The monoisotopic (exact) mass is 334 g/mol. The maximum atomic E-state index is 12.1. The van der Waals surface area contributed by atoms with Crippen LogP contribution >= 0.6 is 0 Å². The predicted octanol–water partition coefficient (Wildman–Crippen LogP) is 2.28. The molecular formula is C18H30N4O2. The Kier molecular flexibility index (Phi) is 6.43. The molecule has 6 nitrogen and oxygen atoms in total. The van der Waals surface area contributed by atoms with E-state index in [1.165, 1.54) is 12.8 Å². The molecule has 1 saturated heterocycles. The first-order chi connectivity index (χ1) is 11.4. The first-order valence-corrected chi connectivity index (χ1v) is 8.72. The molecule has 0 bridgehead atoms. The molecule has 1 aromatic heterocycles. The van der Waals surface area contributed by atoms with E-state index in [1.807, 2.05) is 12.1 Å². The highest BCUT2D eigenvalue weighted by molar-refractivity contribution is 5.74. The molecule has 2 heterocycles. The fraction of sp³-hybridized carbons (Fsp3) is 0.667. The number of hydrogen-bond acceptors (Lipinski definition) is 4. The second-order valence-electron chi connectivity index (χ2n) is 7.69. The number of hydrogen-bond donors (Lipinski definition) is 3. The standard InChI is InChI=1S/C18H30N4O2/c1-18(2,3)11-15(13-23)21-17(24)20-12-14-6-7-19-16(10-14)22-8-4-5-9-22/h6-7,10,15,23H,4-5,8-9,11-13H2,1-3H3,(H2,20,21,24). The molecule has 1 aliphatic heterocycles. The summed E-state index contributed by atoms with van der Waals surface area (Å²) in [6.45, 7) is 8.76. The number of rotatable bonds is 6. The van der Waals surface area contributed by atoms with E-state index in [0.717, 1.165) is 30.9 Å². The molecule has 24 heavy (non-hydrogen) atoms. The van der Waals surface area contributed by atoms with Gasteiger partial charge in [-0.3, -0.25) is 0 Å². The van der Waals surface area contributed by atoms with E-state index < -0.39 is 0 Å². The van der Waals surface area contributed by atoms with Gasteiger partial charge in [-0.05, 0) is 42.4 Å². The summed E-state index contributed by atoms with van der Waals surface area (Å²) >= 11 is 0. The van der Waals surface area contributed by atoms with Crippen molar-refractivity contribution in [1.82, 2.24) is 15.6 Å². The molecule has 2 amide bonds. The molecule has 0 spiro atoms. The lowest BCUT2D eigenvalue weighted by Crippen LogP contribution is -2.45. The number of carbonyl (C=O) groups is 1. The van der Waals surface area contributed by atoms with Gasteiger partial charge in [0.05, 0.1) is 12.6 Å². The van der Waals surface area contributed by atoms with Crippen molar-refractivity contribution in [2.45, 2.75) is 52.6 Å². The van der Waals surface area contributed by atoms with Crippen molar-refractivity contribution in [3.63, 3.8) is 0 Å². The lowest BCUT2D eigenvalue weighted by Gasteiger charge is -2.25. The van der Waals surface area contributed by atoms with Gasteiger partial charge in [-0.1, -0.05) is 20.8 Å². The highest BCUT2D eigenvalue weighted by atomic mass is 16.3. The van der Waals surface area contributed by atoms with Crippen LogP contribution in [0.25, 0.3) is 0 Å². The maximum absolute atomic E-state index is 12.1. The van der Waals surface area contributed by atoms with Crippen LogP contribution in [0.3, 0.4) is 0 Å². The topological polar surface area (TPSA) is 77.5 Å². The Morgan fingerprint density at radius 3 is 2.71 bits per heavy atom. The Balaban J connectivity index is 1.83. The van der Waals surface area contributed by atoms with Crippen molar-refractivity contribution >= 4 is 11.8 Å². The number of aliphatic hydroxyl groups is 1. The Labute approximate surface area is 144 Å². The van der Waals surface area contributed by atoms with Crippen molar-refractivity contribution in [1.29, 1.82) is 0 Å². The van der Waals surface area contributed by atoms with Gasteiger partial charge >= 0.3 is 6.03 Å². The van der Waals surface area contributed by atoms with Gasteiger partial charge in [0.25, 0.3) is 0 Å². The Bertz CT molecular complexity index is 536. The fourth-order valence-electron chi connectivity index (χ4n) is 3.01. The number of nitrogens with one attached hydrogen (secondary N) is 2. The van der Waals surface area contributed by atoms with Gasteiger partial charge in [0.1, 0.15) is 5.82 Å². The molecule has 6 heteroatoms. The van der Waals surface area contributed by atoms with Crippen LogP contribution < -0.4 is 15.5 Å². The van der Waals surface area contributed by atoms with Gasteiger partial charge in [-0.25, -0.2) is 9.78 Å². The van der Waals surface area contributed by atoms with Crippen LogP contribution in [0.15, 0.2) is 18.3 Å². The van der Waals surface area contributed by atoms with Crippen LogP contribution in [0.4, 0.5) is 10.6 Å². The number of aromatic nitrogens is 1. The molecular weight excluding hydrogens is 304 g/mol. The van der Waals surface area contributed by atoms with Crippen molar-refractivity contribution in [3.8, 4) is 0 Å². The largest absolute Gasteiger partial charge is 0.394 e. The first-order valence-electron chi connectivity index (χ1n) is 8.72. The Hall–Kier alpha value is -1.82. The van der Waals surface area contributed by atoms with E-state index in [0.29, 0.717) is 6.54 Å². The molecule has 1 unspecified atom stereocenters. The number of aliphatic hydroxyl groups excluding tert-OH is 1. The number of anilines is 1. The predicted molar refractivity (Wildman–Crippen MR) is 96.0 cm³/mol. The summed E-state index contributed by atoms with van der Waals surface area (Å²) in [4.78, 5) is 18.7. The molecule has 1 fully saturated rings. The normalized spacial score (nSPS) is 16.1. The zero-order valence-electron chi connectivity index (χ0n) is 15.0. The van der Waals surface area contributed by atoms with Gasteiger partial charge in [0, 0.05) is 25.8 Å². The Morgan fingerprint density at radius 2 is 2.08 bits per heavy atom. The lowest BCUT2D eigenvalue weighted by atomic mass is 9.88. The highest BCUT2D eigenvalue weighted by Gasteiger charge is 2.19. The molecule has 1 aliphatic rings. The summed E-state index contributed by atoms with van der Waals surface area (Å²) in [5.41, 5.74) is 1.08. The fourth-order valence-corrected chi connectivity index (χ4v) is 3.01. The van der Waals surface area contributed by atoms with Gasteiger partial charge in [-0.2, -0.15) is 0 Å². The second-order valence-corrected chi connectivity index (χ2v) is 7.69. The second kappa shape index (κ2) is 8.33. The van der Waals surface area contributed by atoms with E-state index in [-0.39, 0.29) is 24.1 Å². The molecule has 134 valence electrons. The average Bonchev–Trinajstić information content (AvgIpc) is 3.06. The minimum Gasteiger partial charge on any atom is -0.394 e. The number of carbonyl (C=O) groups excluding carboxylic acids is 1. The molecule has 0 radical (unpaired) electrons. The first kappa shape index (κ1) is 18.5. The number of amides is 2. The summed E-state index contributed by atoms with van der Waals surface area (Å²) in [5, 5.41) is 15.1. The highest BCUT2D eigenvalue weighted by Crippen LogP contribution is 2.20. The summed E-state index contributed by atoms with van der Waals surface area (Å²) in [6, 6.07) is 3.46. The van der Waals surface area contributed by atoms with Crippen LogP contribution in [0.2, 0.25) is 0 Å². The van der Waals surface area contributed by atoms with Gasteiger partial charge in [-0.15, -0.1) is 0 Å². The van der Waals surface area contributed by atoms with E-state index in [4.69, 9.17) is 0 Å². The molecule has 1 atom stereocenters. The van der Waals surface area contributed by atoms with E-state index in [9.17, 15) is 9.90 Å². The molecule has 0 aliphatic carbocycles. The van der Waals surface area contributed by atoms with Crippen LogP contribution in [0.5, 0.6) is 0 Å². The Morgan fingerprint density at radius 1 is 1.38 bits per heavy atom. The quantitative estimate of drug-likeness (QED) is 0.746. The SMILES string of the molecule is CC(C)(C)CC(CO)NC(=O)NCc1ccnc(N2CCCC2)c1. The minimum absolute atomic E-state index is 0.0520. The van der Waals surface area contributed by atoms with Crippen molar-refractivity contribution in [3.05, 3.63) is 23.9 Å². The van der Waals surface area contributed by atoms with E-state index in [1.54, 1.807) is 6.20 Å². The summed E-state index contributed by atoms with van der Waals surface area (Å²) in [6.07, 6.45) is 4.94. The zero-order valence-corrected chi connectivity index (χ0v) is 15.0. The average molecular weight is 334 g/mol. The third-order valence-corrected chi connectivity index (χ3v) is 4.11. The van der Waals surface area contributed by atoms with Crippen LogP contribution in [0, 0.1) is 5.41 Å². The third-order valence-electron chi connectivity index (χ3n) is 4.11. The molecule has 1 aromatic rings. The van der Waals surface area contributed by atoms with Crippen molar-refractivity contribution in [2.24, 2.45) is 5.41 Å². The van der Waals surface area contributed by atoms with Crippen LogP contribution in [-0.4, -0.2) is 41.9 Å². The molecule has 0 saturated carbocycles. The van der Waals surface area contributed by atoms with E-state index >= 15 is 0 Å². The number of urea groups is 1. The molecule has 2 rings (SSSR count). The lowest BCUT2D eigenvalue weighted by molar-refractivity contribution is 0.190. The maximum Gasteiger partial charge on any atom is 0.315 e. The van der Waals surface area contributed by atoms with Gasteiger partial charge < -0.3 is 20.6 Å². The van der Waals surface area contributed by atoms with Gasteiger partial charge in [0.15, 0.2) is 0 Å². The molecule has 3 N–H and O–H groups in total. The smallest absolute Gasteiger partial charge is 0.315 e. The minimum atomic E-state index is -0.252. The van der Waals surface area contributed by atoms with Crippen LogP contribution in [0.1, 0.15) is 45.6 Å². The summed E-state index contributed by atoms with van der Waals surface area (Å²) in [5.74, 6) is 0.980. The number of nitrogens with zero attached hydrogens (tertiary/aromatic N) is 2. The van der Waals surface area contributed by atoms with Crippen molar-refractivity contribution in [2.75, 3.05) is 24.6 Å². The summed E-state index contributed by atoms with van der Waals surface area (Å²) < 4.78 is 0. The number of pyridine rings is 1. The molecule has 0 aromatic carbocycles. The van der Waals surface area contributed by atoms with Crippen molar-refractivity contribution < 1.29 is 9.90 Å². The van der Waals surface area contributed by atoms with Crippen LogP contribution in [-0.2, 0) is 6.54 Å². The van der Waals surface area contributed by atoms with Gasteiger partial charge in [0.2, 0.25) is 0 Å². The van der Waals surface area contributed by atoms with E-state index in [2.05, 4.69) is 41.3 Å². The third kappa shape index (κ3) is 6.00. The summed E-state index contributed by atoms with van der Waals surface area (Å²) in [7, 11) is 0.